The van der Waals surface area contributed by atoms with E-state index in [1.54, 1.807) is 0 Å². The van der Waals surface area contributed by atoms with Crippen molar-refractivity contribution >= 4 is 16.8 Å². The van der Waals surface area contributed by atoms with Crippen LogP contribution in [0.5, 0.6) is 0 Å². The molecule has 2 atom stereocenters. The summed E-state index contributed by atoms with van der Waals surface area (Å²) in [6.07, 6.45) is 6.94. The van der Waals surface area contributed by atoms with Crippen LogP contribution in [0.2, 0.25) is 0 Å². The Morgan fingerprint density at radius 3 is 2.25 bits per heavy atom. The smallest absolute Gasteiger partial charge is 0.208 e. The molecule has 0 fully saturated rings. The lowest BCUT2D eigenvalue weighted by atomic mass is 10.1. The maximum atomic E-state index is 2.60. The molecule has 0 radical (unpaired) electrons. The van der Waals surface area contributed by atoms with Gasteiger partial charge in [-0.15, -0.1) is 0 Å². The van der Waals surface area contributed by atoms with E-state index in [1.165, 1.54) is 43.7 Å². The summed E-state index contributed by atoms with van der Waals surface area (Å²) < 4.78 is 2.60. The Hall–Kier alpha value is 0.750. The van der Waals surface area contributed by atoms with E-state index in [9.17, 15) is 0 Å². The first-order valence-corrected chi connectivity index (χ1v) is 7.31. The summed E-state index contributed by atoms with van der Waals surface area (Å²) in [7, 11) is 0. The molecule has 3 heteroatoms. The zero-order valence-electron chi connectivity index (χ0n) is 11.1. The number of nitrogens with zero attached hydrogens (tertiary/aromatic N) is 1. The second kappa shape index (κ2) is 8.78. The quantitative estimate of drug-likeness (QED) is 0.389. The van der Waals surface area contributed by atoms with Crippen LogP contribution >= 0.6 is 11.8 Å². The minimum Gasteiger partial charge on any atom is -1.00 e. The predicted octanol–water partition coefficient (Wildman–Crippen LogP) is 0.916. The fourth-order valence-corrected chi connectivity index (χ4v) is 3.50. The van der Waals surface area contributed by atoms with Crippen LogP contribution in [0.4, 0.5) is 0 Å². The van der Waals surface area contributed by atoms with Gasteiger partial charge in [0.2, 0.25) is 5.04 Å². The second-order valence-corrected chi connectivity index (χ2v) is 6.26. The largest absolute Gasteiger partial charge is 1.00 e. The molecule has 0 aliphatic carbocycles. The number of halogens is 1. The number of hydrogen-bond donors (Lipinski definition) is 0. The SMILES string of the molecule is CCCCCCC[N+]1=C(C)SC(C)C1C.[I-]. The first-order valence-electron chi connectivity index (χ1n) is 6.43. The topological polar surface area (TPSA) is 3.01 Å². The van der Waals surface area contributed by atoms with Crippen LogP contribution in [0, 0.1) is 0 Å². The molecule has 2 unspecified atom stereocenters. The van der Waals surface area contributed by atoms with Crippen molar-refractivity contribution < 1.29 is 28.6 Å². The van der Waals surface area contributed by atoms with E-state index in [4.69, 9.17) is 0 Å². The Bertz CT molecular complexity index is 228. The molecule has 16 heavy (non-hydrogen) atoms. The Balaban J connectivity index is 0.00000225. The molecule has 0 aromatic heterocycles. The summed E-state index contributed by atoms with van der Waals surface area (Å²) in [6, 6.07) is 0.737. The predicted molar refractivity (Wildman–Crippen MR) is 71.1 cm³/mol. The van der Waals surface area contributed by atoms with Gasteiger partial charge in [0.25, 0.3) is 0 Å². The van der Waals surface area contributed by atoms with Crippen molar-refractivity contribution in [2.45, 2.75) is 71.1 Å². The summed E-state index contributed by atoms with van der Waals surface area (Å²) >= 11 is 2.05. The Morgan fingerprint density at radius 2 is 1.75 bits per heavy atom. The average Bonchev–Trinajstić information content (AvgIpc) is 2.44. The van der Waals surface area contributed by atoms with Crippen LogP contribution in [-0.2, 0) is 0 Å². The molecule has 0 saturated heterocycles. The molecule has 0 bridgehead atoms. The van der Waals surface area contributed by atoms with Crippen molar-refractivity contribution in [2.24, 2.45) is 0 Å². The third-order valence-corrected chi connectivity index (χ3v) is 4.78. The number of unbranched alkanes of at least 4 members (excludes halogenated alkanes) is 4. The molecule has 0 aromatic carbocycles. The van der Waals surface area contributed by atoms with Crippen LogP contribution in [0.15, 0.2) is 0 Å². The zero-order chi connectivity index (χ0) is 11.3. The zero-order valence-corrected chi connectivity index (χ0v) is 14.1. The van der Waals surface area contributed by atoms with Gasteiger partial charge in [-0.3, -0.25) is 0 Å². The van der Waals surface area contributed by atoms with E-state index in [-0.39, 0.29) is 24.0 Å². The lowest BCUT2D eigenvalue weighted by molar-refractivity contribution is -0.556. The minimum atomic E-state index is 0. The molecule has 0 aromatic rings. The average molecular weight is 355 g/mol. The van der Waals surface area contributed by atoms with Gasteiger partial charge in [0.1, 0.15) is 6.54 Å². The molecular formula is C13H26INS. The number of rotatable bonds is 6. The highest BCUT2D eigenvalue weighted by molar-refractivity contribution is 8.14. The number of hydrogen-bond acceptors (Lipinski definition) is 1. The molecule has 0 N–H and O–H groups in total. The lowest BCUT2D eigenvalue weighted by Gasteiger charge is -2.08. The van der Waals surface area contributed by atoms with Gasteiger partial charge in [-0.25, -0.2) is 4.58 Å². The molecule has 0 saturated carbocycles. The van der Waals surface area contributed by atoms with Gasteiger partial charge >= 0.3 is 0 Å². The molecule has 1 heterocycles. The maximum absolute atomic E-state index is 2.60. The van der Waals surface area contributed by atoms with Gasteiger partial charge in [0.15, 0.2) is 6.04 Å². The summed E-state index contributed by atoms with van der Waals surface area (Å²) in [5.41, 5.74) is 0. The van der Waals surface area contributed by atoms with Crippen molar-refractivity contribution in [2.75, 3.05) is 6.54 Å². The first-order chi connectivity index (χ1) is 7.16. The van der Waals surface area contributed by atoms with Gasteiger partial charge in [-0.2, -0.15) is 0 Å². The van der Waals surface area contributed by atoms with E-state index in [0.717, 1.165) is 11.3 Å². The van der Waals surface area contributed by atoms with Crippen molar-refractivity contribution in [1.29, 1.82) is 0 Å². The van der Waals surface area contributed by atoms with Crippen LogP contribution < -0.4 is 24.0 Å². The van der Waals surface area contributed by atoms with Crippen molar-refractivity contribution in [3.05, 3.63) is 0 Å². The van der Waals surface area contributed by atoms with Crippen molar-refractivity contribution in [1.82, 2.24) is 0 Å². The van der Waals surface area contributed by atoms with Gasteiger partial charge in [0, 0.05) is 13.3 Å². The molecule has 0 amide bonds. The van der Waals surface area contributed by atoms with E-state index in [2.05, 4.69) is 32.3 Å². The van der Waals surface area contributed by atoms with Crippen LogP contribution in [0.3, 0.4) is 0 Å². The highest BCUT2D eigenvalue weighted by Crippen LogP contribution is 2.26. The summed E-state index contributed by atoms with van der Waals surface area (Å²) in [5.74, 6) is 0. The normalized spacial score (nSPS) is 24.8. The highest BCUT2D eigenvalue weighted by atomic mass is 127. The fraction of sp³-hybridized carbons (Fsp3) is 0.923. The Labute approximate surface area is 122 Å². The minimum absolute atomic E-state index is 0. The highest BCUT2D eigenvalue weighted by Gasteiger charge is 2.33. The standard InChI is InChI=1S/C13H26NS.HI/c1-5-6-7-8-9-10-14-11(2)12(3)15-13(14)4;/h11-12H,5-10H2,1-4H3;1H/q+1;/p-1. The summed E-state index contributed by atoms with van der Waals surface area (Å²) in [5, 5.41) is 2.31. The Morgan fingerprint density at radius 1 is 1.12 bits per heavy atom. The van der Waals surface area contributed by atoms with Crippen molar-refractivity contribution in [3.8, 4) is 0 Å². The third-order valence-electron chi connectivity index (χ3n) is 3.43. The second-order valence-electron chi connectivity index (χ2n) is 4.69. The molecule has 1 nitrogen and oxygen atoms in total. The van der Waals surface area contributed by atoms with E-state index >= 15 is 0 Å². The molecule has 1 rings (SSSR count). The Kier molecular flexibility index (Phi) is 9.20. The van der Waals surface area contributed by atoms with Crippen molar-refractivity contribution in [3.63, 3.8) is 0 Å². The third kappa shape index (κ3) is 4.94. The molecule has 0 spiro atoms. The van der Waals surface area contributed by atoms with Crippen LogP contribution in [0.25, 0.3) is 0 Å². The van der Waals surface area contributed by atoms with Crippen LogP contribution in [0.1, 0.15) is 59.8 Å². The van der Waals surface area contributed by atoms with E-state index < -0.39 is 0 Å². The molecular weight excluding hydrogens is 329 g/mol. The number of thioether (sulfide) groups is 1. The molecule has 96 valence electrons. The monoisotopic (exact) mass is 355 g/mol. The van der Waals surface area contributed by atoms with Crippen LogP contribution in [-0.4, -0.2) is 27.5 Å². The fourth-order valence-electron chi connectivity index (χ4n) is 2.22. The van der Waals surface area contributed by atoms with E-state index in [1.807, 2.05) is 11.8 Å². The van der Waals surface area contributed by atoms with Gasteiger partial charge in [-0.05, 0) is 20.3 Å². The molecule has 1 aliphatic heterocycles. The summed E-state index contributed by atoms with van der Waals surface area (Å²) in [6.45, 7) is 10.5. The van der Waals surface area contributed by atoms with E-state index in [0.29, 0.717) is 0 Å². The van der Waals surface area contributed by atoms with Gasteiger partial charge in [0.05, 0.1) is 5.25 Å². The van der Waals surface area contributed by atoms with Gasteiger partial charge < -0.3 is 24.0 Å². The lowest BCUT2D eigenvalue weighted by Crippen LogP contribution is -3.00. The first kappa shape index (κ1) is 16.8. The maximum Gasteiger partial charge on any atom is 0.208 e. The molecule has 1 aliphatic rings. The van der Waals surface area contributed by atoms with Gasteiger partial charge in [-0.1, -0.05) is 37.9 Å². The summed E-state index contributed by atoms with van der Waals surface area (Å²) in [4.78, 5) is 0.